The summed E-state index contributed by atoms with van der Waals surface area (Å²) in [5.74, 6) is 2.30. The largest absolute Gasteiger partial charge is 0.446 e. The number of hydrogen-bond acceptors (Lipinski definition) is 4. The van der Waals surface area contributed by atoms with E-state index in [1.165, 1.54) is 5.56 Å². The first-order valence-corrected chi connectivity index (χ1v) is 9.39. The average molecular weight is 413 g/mol. The molecule has 0 aliphatic carbocycles. The van der Waals surface area contributed by atoms with Gasteiger partial charge in [-0.2, -0.15) is 0 Å². The SMILES string of the molecule is CCCn1c(SCc2ccc(Cl)cc2)nnc1-c1ccc(Br)o1. The lowest BCUT2D eigenvalue weighted by molar-refractivity contribution is 0.539. The summed E-state index contributed by atoms with van der Waals surface area (Å²) < 4.78 is 8.41. The van der Waals surface area contributed by atoms with Gasteiger partial charge in [0.15, 0.2) is 15.6 Å². The molecule has 0 aliphatic rings. The van der Waals surface area contributed by atoms with Crippen molar-refractivity contribution >= 4 is 39.3 Å². The Labute approximate surface area is 152 Å². The van der Waals surface area contributed by atoms with Crippen LogP contribution in [0.1, 0.15) is 18.9 Å². The molecule has 0 saturated heterocycles. The number of hydrogen-bond donors (Lipinski definition) is 0. The highest BCUT2D eigenvalue weighted by atomic mass is 79.9. The van der Waals surface area contributed by atoms with Crippen LogP contribution in [0.3, 0.4) is 0 Å². The monoisotopic (exact) mass is 411 g/mol. The van der Waals surface area contributed by atoms with Crippen molar-refractivity contribution < 1.29 is 4.42 Å². The van der Waals surface area contributed by atoms with E-state index in [1.807, 2.05) is 36.4 Å². The highest BCUT2D eigenvalue weighted by molar-refractivity contribution is 9.10. The minimum absolute atomic E-state index is 0.689. The van der Waals surface area contributed by atoms with Gasteiger partial charge in [0.1, 0.15) is 0 Å². The number of thioether (sulfide) groups is 1. The summed E-state index contributed by atoms with van der Waals surface area (Å²) >= 11 is 10.9. The van der Waals surface area contributed by atoms with Gasteiger partial charge in [0.25, 0.3) is 0 Å². The maximum absolute atomic E-state index is 5.92. The van der Waals surface area contributed by atoms with Crippen LogP contribution in [-0.4, -0.2) is 14.8 Å². The van der Waals surface area contributed by atoms with Crippen molar-refractivity contribution in [2.45, 2.75) is 30.8 Å². The quantitative estimate of drug-likeness (QED) is 0.490. The molecule has 3 aromatic rings. The van der Waals surface area contributed by atoms with E-state index in [0.717, 1.165) is 40.5 Å². The maximum atomic E-state index is 5.92. The molecule has 1 aromatic carbocycles. The van der Waals surface area contributed by atoms with E-state index < -0.39 is 0 Å². The molecule has 0 unspecified atom stereocenters. The van der Waals surface area contributed by atoms with Crippen molar-refractivity contribution in [3.63, 3.8) is 0 Å². The smallest absolute Gasteiger partial charge is 0.200 e. The van der Waals surface area contributed by atoms with Crippen molar-refractivity contribution in [3.05, 3.63) is 51.7 Å². The fourth-order valence-corrected chi connectivity index (χ4v) is 3.52. The normalized spacial score (nSPS) is 11.1. The molecule has 0 fully saturated rings. The number of nitrogens with zero attached hydrogens (tertiary/aromatic N) is 3. The summed E-state index contributed by atoms with van der Waals surface area (Å²) in [5.41, 5.74) is 1.20. The molecule has 23 heavy (non-hydrogen) atoms. The number of rotatable bonds is 6. The Hall–Kier alpha value is -1.24. The second-order valence-corrected chi connectivity index (χ2v) is 7.14. The number of benzene rings is 1. The minimum Gasteiger partial charge on any atom is -0.446 e. The molecule has 0 saturated carbocycles. The summed E-state index contributed by atoms with van der Waals surface area (Å²) in [4.78, 5) is 0. The average Bonchev–Trinajstić information content (AvgIpc) is 3.14. The predicted octanol–water partition coefficient (Wildman–Crippen LogP) is 5.66. The first kappa shape index (κ1) is 16.6. The van der Waals surface area contributed by atoms with Gasteiger partial charge in [-0.25, -0.2) is 0 Å². The van der Waals surface area contributed by atoms with E-state index in [1.54, 1.807) is 11.8 Å². The number of furan rings is 1. The Morgan fingerprint density at radius 2 is 1.96 bits per heavy atom. The fraction of sp³-hybridized carbons (Fsp3) is 0.250. The first-order valence-electron chi connectivity index (χ1n) is 7.23. The maximum Gasteiger partial charge on any atom is 0.200 e. The Morgan fingerprint density at radius 3 is 2.61 bits per heavy atom. The molecular weight excluding hydrogens is 398 g/mol. The van der Waals surface area contributed by atoms with E-state index >= 15 is 0 Å². The molecule has 0 bridgehead atoms. The molecule has 0 amide bonds. The van der Waals surface area contributed by atoms with Crippen LogP contribution in [0.4, 0.5) is 0 Å². The minimum atomic E-state index is 0.689. The zero-order valence-electron chi connectivity index (χ0n) is 12.5. The van der Waals surface area contributed by atoms with Crippen LogP contribution in [0, 0.1) is 0 Å². The van der Waals surface area contributed by atoms with Crippen LogP contribution in [0.2, 0.25) is 5.02 Å². The standard InChI is InChI=1S/C16H15BrClN3OS/c1-2-9-21-15(13-7-8-14(17)22-13)19-20-16(21)23-10-11-3-5-12(18)6-4-11/h3-8H,2,9-10H2,1H3. The number of aromatic nitrogens is 3. The fourth-order valence-electron chi connectivity index (χ4n) is 2.17. The summed E-state index contributed by atoms with van der Waals surface area (Å²) in [6.45, 7) is 2.99. The highest BCUT2D eigenvalue weighted by Gasteiger charge is 2.16. The molecule has 4 nitrogen and oxygen atoms in total. The van der Waals surface area contributed by atoms with Crippen LogP contribution in [0.25, 0.3) is 11.6 Å². The Morgan fingerprint density at radius 1 is 1.17 bits per heavy atom. The van der Waals surface area contributed by atoms with Crippen molar-refractivity contribution in [2.24, 2.45) is 0 Å². The van der Waals surface area contributed by atoms with Gasteiger partial charge < -0.3 is 4.42 Å². The summed E-state index contributed by atoms with van der Waals surface area (Å²) in [6.07, 6.45) is 1.00. The summed E-state index contributed by atoms with van der Waals surface area (Å²) in [7, 11) is 0. The van der Waals surface area contributed by atoms with Crippen LogP contribution in [0.15, 0.2) is 50.6 Å². The third-order valence-corrected chi connectivity index (χ3v) is 4.95. The van der Waals surface area contributed by atoms with Gasteiger partial charge in [0, 0.05) is 17.3 Å². The van der Waals surface area contributed by atoms with Gasteiger partial charge in [-0.15, -0.1) is 10.2 Å². The van der Waals surface area contributed by atoms with E-state index in [9.17, 15) is 0 Å². The second-order valence-electron chi connectivity index (χ2n) is 4.98. The molecule has 0 radical (unpaired) electrons. The molecule has 3 rings (SSSR count). The van der Waals surface area contributed by atoms with Gasteiger partial charge in [-0.05, 0) is 52.2 Å². The lowest BCUT2D eigenvalue weighted by atomic mass is 10.2. The van der Waals surface area contributed by atoms with Gasteiger partial charge in [0.05, 0.1) is 0 Å². The van der Waals surface area contributed by atoms with Crippen LogP contribution < -0.4 is 0 Å². The molecule has 120 valence electrons. The van der Waals surface area contributed by atoms with Crippen LogP contribution in [0.5, 0.6) is 0 Å². The first-order chi connectivity index (χ1) is 11.2. The van der Waals surface area contributed by atoms with Crippen LogP contribution in [-0.2, 0) is 12.3 Å². The summed E-state index contributed by atoms with van der Waals surface area (Å²) in [5, 5.41) is 10.3. The molecule has 0 atom stereocenters. The lowest BCUT2D eigenvalue weighted by Crippen LogP contribution is -2.01. The van der Waals surface area contributed by atoms with Gasteiger partial charge in [-0.3, -0.25) is 4.57 Å². The lowest BCUT2D eigenvalue weighted by Gasteiger charge is -2.07. The van der Waals surface area contributed by atoms with E-state index in [-0.39, 0.29) is 0 Å². The summed E-state index contributed by atoms with van der Waals surface area (Å²) in [6, 6.07) is 11.6. The van der Waals surface area contributed by atoms with E-state index in [0.29, 0.717) is 4.67 Å². The zero-order chi connectivity index (χ0) is 16.2. The van der Waals surface area contributed by atoms with E-state index in [4.69, 9.17) is 16.0 Å². The number of halogens is 2. The molecule has 2 aromatic heterocycles. The third-order valence-electron chi connectivity index (χ3n) is 3.24. The van der Waals surface area contributed by atoms with Gasteiger partial charge in [0.2, 0.25) is 5.82 Å². The predicted molar refractivity (Wildman–Crippen MR) is 96.7 cm³/mol. The zero-order valence-corrected chi connectivity index (χ0v) is 15.7. The van der Waals surface area contributed by atoms with Crippen molar-refractivity contribution in [1.82, 2.24) is 14.8 Å². The van der Waals surface area contributed by atoms with Crippen molar-refractivity contribution in [1.29, 1.82) is 0 Å². The molecule has 0 spiro atoms. The van der Waals surface area contributed by atoms with Gasteiger partial charge >= 0.3 is 0 Å². The molecule has 0 aliphatic heterocycles. The second kappa shape index (κ2) is 7.55. The molecule has 0 N–H and O–H groups in total. The molecule has 2 heterocycles. The Balaban J connectivity index is 1.81. The Bertz CT molecular complexity index is 785. The molecular formula is C16H15BrClN3OS. The van der Waals surface area contributed by atoms with E-state index in [2.05, 4.69) is 37.6 Å². The Kier molecular flexibility index (Phi) is 5.46. The topological polar surface area (TPSA) is 43.9 Å². The molecule has 7 heteroatoms. The highest BCUT2D eigenvalue weighted by Crippen LogP contribution is 2.29. The van der Waals surface area contributed by atoms with Crippen molar-refractivity contribution in [2.75, 3.05) is 0 Å². The van der Waals surface area contributed by atoms with Crippen LogP contribution >= 0.6 is 39.3 Å². The third kappa shape index (κ3) is 4.00. The van der Waals surface area contributed by atoms with Crippen molar-refractivity contribution in [3.8, 4) is 11.6 Å². The van der Waals surface area contributed by atoms with Gasteiger partial charge in [-0.1, -0.05) is 42.4 Å².